The van der Waals surface area contributed by atoms with E-state index in [1.54, 1.807) is 0 Å². The summed E-state index contributed by atoms with van der Waals surface area (Å²) in [5.41, 5.74) is 5.52. The van der Waals surface area contributed by atoms with Crippen LogP contribution in [-0.4, -0.2) is 26.6 Å². The number of carbonyl (C=O) groups excluding carboxylic acids is 1. The van der Waals surface area contributed by atoms with Gasteiger partial charge >= 0.3 is 0 Å². The summed E-state index contributed by atoms with van der Waals surface area (Å²) < 4.78 is 24.6. The van der Waals surface area contributed by atoms with Crippen molar-refractivity contribution in [1.29, 1.82) is 0 Å². The molecule has 1 amide bonds. The smallest absolute Gasteiger partial charge is 0.242 e. The van der Waals surface area contributed by atoms with Gasteiger partial charge in [0.05, 0.1) is 12.3 Å². The highest BCUT2D eigenvalue weighted by atomic mass is 32.2. The molecule has 2 N–H and O–H groups in total. The van der Waals surface area contributed by atoms with Crippen molar-refractivity contribution in [2.45, 2.75) is 19.4 Å². The molecule has 0 aliphatic heterocycles. The van der Waals surface area contributed by atoms with Crippen LogP contribution in [0.1, 0.15) is 18.1 Å². The predicted molar refractivity (Wildman–Crippen MR) is 90.8 cm³/mol. The Bertz CT molecular complexity index is 875. The van der Waals surface area contributed by atoms with Crippen LogP contribution in [0.5, 0.6) is 0 Å². The van der Waals surface area contributed by atoms with E-state index in [2.05, 4.69) is 22.2 Å². The van der Waals surface area contributed by atoms with Crippen molar-refractivity contribution in [2.24, 2.45) is 0 Å². The van der Waals surface area contributed by atoms with Crippen molar-refractivity contribution in [1.82, 2.24) is 4.72 Å². The third-order valence-corrected chi connectivity index (χ3v) is 4.63. The summed E-state index contributed by atoms with van der Waals surface area (Å²) in [6, 6.07) is 13.2. The lowest BCUT2D eigenvalue weighted by atomic mass is 10.1. The van der Waals surface area contributed by atoms with Gasteiger partial charge < -0.3 is 5.32 Å². The number of hydrogen-bond acceptors (Lipinski definition) is 3. The maximum absolute atomic E-state index is 12.1. The van der Waals surface area contributed by atoms with Gasteiger partial charge in [0, 0.05) is 5.69 Å². The first-order valence-electron chi connectivity index (χ1n) is 7.33. The van der Waals surface area contributed by atoms with Crippen LogP contribution in [0.4, 0.5) is 5.69 Å². The predicted octanol–water partition coefficient (Wildman–Crippen LogP) is 2.13. The second-order valence-electron chi connectivity index (χ2n) is 5.81. The highest BCUT2D eigenvalue weighted by Crippen LogP contribution is 2.37. The lowest BCUT2D eigenvalue weighted by molar-refractivity contribution is -0.117. The minimum absolute atomic E-state index is 0.383. The molecule has 6 heteroatoms. The van der Waals surface area contributed by atoms with Crippen LogP contribution >= 0.6 is 0 Å². The summed E-state index contributed by atoms with van der Waals surface area (Å²) in [5, 5.41) is 2.75. The number of fused-ring (bicyclic) bond motifs is 3. The zero-order valence-corrected chi connectivity index (χ0v) is 13.8. The fraction of sp³-hybridized carbons (Fsp3) is 0.235. The Kier molecular flexibility index (Phi) is 3.95. The van der Waals surface area contributed by atoms with Gasteiger partial charge in [0.2, 0.25) is 15.9 Å². The van der Waals surface area contributed by atoms with E-state index < -0.39 is 16.1 Å². The quantitative estimate of drug-likeness (QED) is 0.769. The molecule has 0 aromatic heterocycles. The second-order valence-corrected chi connectivity index (χ2v) is 7.59. The maximum Gasteiger partial charge on any atom is 0.242 e. The van der Waals surface area contributed by atoms with E-state index in [9.17, 15) is 13.2 Å². The van der Waals surface area contributed by atoms with E-state index in [4.69, 9.17) is 0 Å². The van der Waals surface area contributed by atoms with E-state index in [1.165, 1.54) is 23.6 Å². The fourth-order valence-electron chi connectivity index (χ4n) is 2.85. The van der Waals surface area contributed by atoms with E-state index in [0.717, 1.165) is 18.2 Å². The number of hydrogen-bond donors (Lipinski definition) is 2. The first-order chi connectivity index (χ1) is 10.8. The Labute approximate surface area is 135 Å². The molecule has 0 radical (unpaired) electrons. The molecule has 0 saturated heterocycles. The molecule has 1 atom stereocenters. The van der Waals surface area contributed by atoms with Crippen molar-refractivity contribution in [3.05, 3.63) is 53.6 Å². The van der Waals surface area contributed by atoms with Gasteiger partial charge in [-0.15, -0.1) is 0 Å². The van der Waals surface area contributed by atoms with Gasteiger partial charge in [-0.25, -0.2) is 13.1 Å². The molecule has 1 aliphatic rings. The summed E-state index contributed by atoms with van der Waals surface area (Å²) in [7, 11) is -3.42. The topological polar surface area (TPSA) is 75.3 Å². The van der Waals surface area contributed by atoms with Crippen molar-refractivity contribution in [3.8, 4) is 11.1 Å². The van der Waals surface area contributed by atoms with E-state index >= 15 is 0 Å². The molecule has 2 aromatic rings. The maximum atomic E-state index is 12.1. The van der Waals surface area contributed by atoms with Gasteiger partial charge in [-0.2, -0.15) is 0 Å². The Balaban J connectivity index is 1.77. The number of nitrogens with one attached hydrogen (secondary N) is 2. The van der Waals surface area contributed by atoms with Gasteiger partial charge in [-0.3, -0.25) is 4.79 Å². The van der Waals surface area contributed by atoms with Crippen LogP contribution in [0.2, 0.25) is 0 Å². The van der Waals surface area contributed by atoms with Gasteiger partial charge in [-0.05, 0) is 47.7 Å². The van der Waals surface area contributed by atoms with Crippen LogP contribution in [0.15, 0.2) is 42.5 Å². The van der Waals surface area contributed by atoms with E-state index in [-0.39, 0.29) is 5.91 Å². The normalized spacial score (nSPS) is 14.0. The average Bonchev–Trinajstić information content (AvgIpc) is 2.83. The Morgan fingerprint density at radius 2 is 1.78 bits per heavy atom. The Hall–Kier alpha value is -2.18. The summed E-state index contributed by atoms with van der Waals surface area (Å²) in [5.74, 6) is -0.383. The largest absolute Gasteiger partial charge is 0.325 e. The van der Waals surface area contributed by atoms with Gasteiger partial charge in [-0.1, -0.05) is 30.3 Å². The average molecular weight is 330 g/mol. The third-order valence-electron chi connectivity index (χ3n) is 3.85. The summed E-state index contributed by atoms with van der Waals surface area (Å²) in [6.07, 6.45) is 1.87. The number of sulfonamides is 1. The van der Waals surface area contributed by atoms with E-state index in [0.29, 0.717) is 5.69 Å². The number of benzene rings is 2. The van der Waals surface area contributed by atoms with Crippen molar-refractivity contribution in [3.63, 3.8) is 0 Å². The molecule has 2 aromatic carbocycles. The van der Waals surface area contributed by atoms with Crippen LogP contribution in [0, 0.1) is 0 Å². The van der Waals surface area contributed by atoms with Crippen LogP contribution in [-0.2, 0) is 21.2 Å². The molecule has 0 saturated carbocycles. The Morgan fingerprint density at radius 3 is 2.52 bits per heavy atom. The van der Waals surface area contributed by atoms with Crippen LogP contribution in [0.3, 0.4) is 0 Å². The number of anilines is 1. The standard InChI is InChI=1S/C17H18N2O3S/c1-11(19-23(2,21)22)17(20)18-14-7-8-16-13(10-14)9-12-5-3-4-6-15(12)16/h3-8,10-11,19H,9H2,1-2H3,(H,18,20). The van der Waals surface area contributed by atoms with Gasteiger partial charge in [0.15, 0.2) is 0 Å². The molecule has 0 bridgehead atoms. The monoisotopic (exact) mass is 330 g/mol. The van der Waals surface area contributed by atoms with Gasteiger partial charge in [0.25, 0.3) is 0 Å². The summed E-state index contributed by atoms with van der Waals surface area (Å²) >= 11 is 0. The molecule has 23 heavy (non-hydrogen) atoms. The molecule has 120 valence electrons. The lowest BCUT2D eigenvalue weighted by Crippen LogP contribution is -2.41. The second kappa shape index (κ2) is 5.79. The molecule has 0 heterocycles. The summed E-state index contributed by atoms with van der Waals surface area (Å²) in [4.78, 5) is 12.1. The molecule has 5 nitrogen and oxygen atoms in total. The van der Waals surface area contributed by atoms with Crippen LogP contribution < -0.4 is 10.0 Å². The van der Waals surface area contributed by atoms with Crippen molar-refractivity contribution in [2.75, 3.05) is 11.6 Å². The zero-order chi connectivity index (χ0) is 16.6. The molecule has 1 unspecified atom stereocenters. The van der Waals surface area contributed by atoms with Crippen molar-refractivity contribution >= 4 is 21.6 Å². The van der Waals surface area contributed by atoms with Crippen molar-refractivity contribution < 1.29 is 13.2 Å². The van der Waals surface area contributed by atoms with Gasteiger partial charge in [0.1, 0.15) is 0 Å². The molecular weight excluding hydrogens is 312 g/mol. The fourth-order valence-corrected chi connectivity index (χ4v) is 3.60. The Morgan fingerprint density at radius 1 is 1.09 bits per heavy atom. The lowest BCUT2D eigenvalue weighted by Gasteiger charge is -2.13. The molecular formula is C17H18N2O3S. The van der Waals surface area contributed by atoms with Crippen LogP contribution in [0.25, 0.3) is 11.1 Å². The third kappa shape index (κ3) is 3.43. The first-order valence-corrected chi connectivity index (χ1v) is 9.22. The first kappa shape index (κ1) is 15.7. The molecule has 3 rings (SSSR count). The molecule has 1 aliphatic carbocycles. The van der Waals surface area contributed by atoms with E-state index in [1.807, 2.05) is 30.3 Å². The molecule has 0 fully saturated rings. The highest BCUT2D eigenvalue weighted by Gasteiger charge is 2.20. The summed E-state index contributed by atoms with van der Waals surface area (Å²) in [6.45, 7) is 1.51. The number of carbonyl (C=O) groups is 1. The number of rotatable bonds is 4. The molecule has 0 spiro atoms. The minimum atomic E-state index is -3.42. The number of amides is 1. The highest BCUT2D eigenvalue weighted by molar-refractivity contribution is 7.88. The zero-order valence-electron chi connectivity index (χ0n) is 13.0. The SMILES string of the molecule is CC(NS(C)(=O)=O)C(=O)Nc1ccc2c(c1)Cc1ccccc1-2. The minimum Gasteiger partial charge on any atom is -0.325 e.